The molecule has 0 radical (unpaired) electrons. The fourth-order valence-corrected chi connectivity index (χ4v) is 1.82. The average molecular weight is 260 g/mol. The number of carbonyl (C=O) groups excluding carboxylic acids is 1. The molecule has 0 saturated carbocycles. The van der Waals surface area contributed by atoms with E-state index in [0.29, 0.717) is 32.1 Å². The van der Waals surface area contributed by atoms with E-state index in [2.05, 4.69) is 26.3 Å². The van der Waals surface area contributed by atoms with Gasteiger partial charge in [0.2, 0.25) is 5.91 Å². The molecule has 0 spiro atoms. The molecule has 0 aromatic rings. The number of nitrogens with one attached hydrogen (secondary N) is 1. The lowest BCUT2D eigenvalue weighted by Crippen LogP contribution is -2.28. The Morgan fingerprint density at radius 1 is 1.28 bits per heavy atom. The number of amides is 1. The molecule has 1 amide bonds. The summed E-state index contributed by atoms with van der Waals surface area (Å²) >= 11 is 0. The molecule has 0 bridgehead atoms. The Kier molecular flexibility index (Phi) is 8.97. The maximum atomic E-state index is 11.5. The second-order valence-electron chi connectivity index (χ2n) is 5.55. The van der Waals surface area contributed by atoms with Crippen molar-refractivity contribution in [2.45, 2.75) is 40.0 Å². The summed E-state index contributed by atoms with van der Waals surface area (Å²) in [5, 5.41) is 0. The lowest BCUT2D eigenvalue weighted by atomic mass is 9.76. The standard InChI is InChI=1S/C13H28N2O3/c1-13(2,3)11(7-8-14)5-6-12(16)15-18-10-9-17-4/h11H,5-10,14H2,1-4H3,(H,15,16). The van der Waals surface area contributed by atoms with Crippen LogP contribution in [0.2, 0.25) is 0 Å². The number of hydrogen-bond acceptors (Lipinski definition) is 4. The largest absolute Gasteiger partial charge is 0.382 e. The topological polar surface area (TPSA) is 73.6 Å². The second kappa shape index (κ2) is 9.30. The van der Waals surface area contributed by atoms with Crippen LogP contribution in [-0.2, 0) is 14.4 Å². The lowest BCUT2D eigenvalue weighted by molar-refractivity contribution is -0.135. The number of methoxy groups -OCH3 is 1. The van der Waals surface area contributed by atoms with Crippen LogP contribution in [0.15, 0.2) is 0 Å². The molecule has 18 heavy (non-hydrogen) atoms. The van der Waals surface area contributed by atoms with Gasteiger partial charge in [0.15, 0.2) is 0 Å². The van der Waals surface area contributed by atoms with E-state index in [1.807, 2.05) is 0 Å². The summed E-state index contributed by atoms with van der Waals surface area (Å²) in [5.41, 5.74) is 8.20. The molecule has 5 heteroatoms. The maximum Gasteiger partial charge on any atom is 0.243 e. The number of carbonyl (C=O) groups is 1. The molecule has 0 aliphatic rings. The normalized spacial score (nSPS) is 13.4. The molecular formula is C13H28N2O3. The highest BCUT2D eigenvalue weighted by atomic mass is 16.7. The van der Waals surface area contributed by atoms with E-state index in [9.17, 15) is 4.79 Å². The summed E-state index contributed by atoms with van der Waals surface area (Å²) in [6, 6.07) is 0. The molecule has 108 valence electrons. The van der Waals surface area contributed by atoms with Gasteiger partial charge < -0.3 is 10.5 Å². The lowest BCUT2D eigenvalue weighted by Gasteiger charge is -2.30. The van der Waals surface area contributed by atoms with Crippen LogP contribution in [0.25, 0.3) is 0 Å². The van der Waals surface area contributed by atoms with Crippen LogP contribution >= 0.6 is 0 Å². The minimum atomic E-state index is -0.0858. The van der Waals surface area contributed by atoms with Gasteiger partial charge in [-0.25, -0.2) is 5.48 Å². The number of rotatable bonds is 9. The molecule has 0 saturated heterocycles. The summed E-state index contributed by atoms with van der Waals surface area (Å²) in [6.45, 7) is 8.04. The number of nitrogens with two attached hydrogens (primary N) is 1. The Hall–Kier alpha value is -0.650. The smallest absolute Gasteiger partial charge is 0.243 e. The van der Waals surface area contributed by atoms with Gasteiger partial charge in [-0.05, 0) is 30.7 Å². The van der Waals surface area contributed by atoms with Gasteiger partial charge in [0.1, 0.15) is 0 Å². The first kappa shape index (κ1) is 17.4. The highest BCUT2D eigenvalue weighted by Crippen LogP contribution is 2.31. The molecule has 5 nitrogen and oxygen atoms in total. The van der Waals surface area contributed by atoms with E-state index in [4.69, 9.17) is 15.3 Å². The van der Waals surface area contributed by atoms with E-state index in [1.54, 1.807) is 7.11 Å². The molecule has 0 rings (SSSR count). The predicted molar refractivity (Wildman–Crippen MR) is 71.8 cm³/mol. The maximum absolute atomic E-state index is 11.5. The van der Waals surface area contributed by atoms with Gasteiger partial charge >= 0.3 is 0 Å². The monoisotopic (exact) mass is 260 g/mol. The first-order chi connectivity index (χ1) is 8.41. The summed E-state index contributed by atoms with van der Waals surface area (Å²) in [4.78, 5) is 16.5. The summed E-state index contributed by atoms with van der Waals surface area (Å²) < 4.78 is 4.81. The fourth-order valence-electron chi connectivity index (χ4n) is 1.82. The zero-order valence-electron chi connectivity index (χ0n) is 12.1. The van der Waals surface area contributed by atoms with Crippen molar-refractivity contribution in [3.8, 4) is 0 Å². The third kappa shape index (κ3) is 8.44. The van der Waals surface area contributed by atoms with Gasteiger partial charge in [0.25, 0.3) is 0 Å². The van der Waals surface area contributed by atoms with Crippen molar-refractivity contribution < 1.29 is 14.4 Å². The molecule has 0 aromatic carbocycles. The van der Waals surface area contributed by atoms with E-state index in [-0.39, 0.29) is 11.3 Å². The van der Waals surface area contributed by atoms with Crippen molar-refractivity contribution in [2.24, 2.45) is 17.1 Å². The van der Waals surface area contributed by atoms with Crippen molar-refractivity contribution in [3.05, 3.63) is 0 Å². The predicted octanol–water partition coefficient (Wildman–Crippen LogP) is 1.47. The molecule has 0 heterocycles. The SMILES string of the molecule is COCCONC(=O)CCC(CCN)C(C)(C)C. The average Bonchev–Trinajstić information content (AvgIpc) is 2.28. The number of hydrogen-bond donors (Lipinski definition) is 2. The third-order valence-electron chi connectivity index (χ3n) is 3.04. The zero-order chi connectivity index (χ0) is 14.0. The Balaban J connectivity index is 3.86. The van der Waals surface area contributed by atoms with E-state index in [1.165, 1.54) is 0 Å². The molecule has 0 fully saturated rings. The van der Waals surface area contributed by atoms with Crippen LogP contribution in [0.4, 0.5) is 0 Å². The van der Waals surface area contributed by atoms with Crippen molar-refractivity contribution in [3.63, 3.8) is 0 Å². The van der Waals surface area contributed by atoms with Gasteiger partial charge in [0.05, 0.1) is 13.2 Å². The van der Waals surface area contributed by atoms with Gasteiger partial charge in [-0.2, -0.15) is 0 Å². The van der Waals surface area contributed by atoms with E-state index in [0.717, 1.165) is 12.8 Å². The summed E-state index contributed by atoms with van der Waals surface area (Å²) in [5.74, 6) is 0.365. The first-order valence-electron chi connectivity index (χ1n) is 6.51. The molecule has 0 aliphatic carbocycles. The summed E-state index contributed by atoms with van der Waals surface area (Å²) in [7, 11) is 1.59. The molecule has 0 aromatic heterocycles. The van der Waals surface area contributed by atoms with E-state index < -0.39 is 0 Å². The van der Waals surface area contributed by atoms with Gasteiger partial charge in [-0.3, -0.25) is 9.63 Å². The highest BCUT2D eigenvalue weighted by Gasteiger charge is 2.24. The Morgan fingerprint density at radius 3 is 2.44 bits per heavy atom. The first-order valence-corrected chi connectivity index (χ1v) is 6.51. The number of ether oxygens (including phenoxy) is 1. The second-order valence-corrected chi connectivity index (χ2v) is 5.55. The van der Waals surface area contributed by atoms with Gasteiger partial charge in [-0.15, -0.1) is 0 Å². The molecule has 1 unspecified atom stereocenters. The Morgan fingerprint density at radius 2 is 1.94 bits per heavy atom. The van der Waals surface area contributed by atoms with Crippen LogP contribution in [0, 0.1) is 11.3 Å². The van der Waals surface area contributed by atoms with Crippen LogP contribution in [-0.4, -0.2) is 32.8 Å². The molecule has 3 N–H and O–H groups in total. The van der Waals surface area contributed by atoms with Crippen LogP contribution < -0.4 is 11.2 Å². The van der Waals surface area contributed by atoms with Crippen LogP contribution in [0.5, 0.6) is 0 Å². The van der Waals surface area contributed by atoms with Crippen molar-refractivity contribution in [2.75, 3.05) is 26.9 Å². The molecule has 0 aliphatic heterocycles. The Bertz CT molecular complexity index is 227. The molecular weight excluding hydrogens is 232 g/mol. The van der Waals surface area contributed by atoms with Gasteiger partial charge in [0, 0.05) is 13.5 Å². The van der Waals surface area contributed by atoms with E-state index >= 15 is 0 Å². The zero-order valence-corrected chi connectivity index (χ0v) is 12.1. The molecule has 1 atom stereocenters. The Labute approximate surface area is 110 Å². The number of hydroxylamine groups is 1. The van der Waals surface area contributed by atoms with Crippen LogP contribution in [0.3, 0.4) is 0 Å². The van der Waals surface area contributed by atoms with Crippen molar-refractivity contribution >= 4 is 5.91 Å². The van der Waals surface area contributed by atoms with Gasteiger partial charge in [-0.1, -0.05) is 20.8 Å². The third-order valence-corrected chi connectivity index (χ3v) is 3.04. The van der Waals surface area contributed by atoms with Crippen molar-refractivity contribution in [1.82, 2.24) is 5.48 Å². The minimum Gasteiger partial charge on any atom is -0.382 e. The van der Waals surface area contributed by atoms with Crippen molar-refractivity contribution in [1.29, 1.82) is 0 Å². The summed E-state index contributed by atoms with van der Waals surface area (Å²) in [6.07, 6.45) is 2.25. The quantitative estimate of drug-likeness (QED) is 0.486. The fraction of sp³-hybridized carbons (Fsp3) is 0.923. The van der Waals surface area contributed by atoms with Crippen LogP contribution in [0.1, 0.15) is 40.0 Å². The highest BCUT2D eigenvalue weighted by molar-refractivity contribution is 5.74. The minimum absolute atomic E-state index is 0.0858.